The van der Waals surface area contributed by atoms with E-state index in [0.717, 1.165) is 11.1 Å². The molecule has 1 rings (SSSR count). The van der Waals surface area contributed by atoms with Crippen molar-refractivity contribution in [3.8, 4) is 5.75 Å². The standard InChI is InChI=1S/C9H11NO3/c1-6-3-8(5-10(12)13)9(11)4-7(6)2/h3-4,11H,5H2,1-2H3. The summed E-state index contributed by atoms with van der Waals surface area (Å²) < 4.78 is 0. The number of hydrogen-bond acceptors (Lipinski definition) is 3. The van der Waals surface area contributed by atoms with E-state index in [1.54, 1.807) is 12.1 Å². The number of hydrogen-bond donors (Lipinski definition) is 1. The molecule has 0 aliphatic carbocycles. The van der Waals surface area contributed by atoms with Crippen molar-refractivity contribution in [1.82, 2.24) is 0 Å². The van der Waals surface area contributed by atoms with Crippen LogP contribution in [-0.4, -0.2) is 10.0 Å². The van der Waals surface area contributed by atoms with Crippen LogP contribution >= 0.6 is 0 Å². The molecule has 1 aromatic rings. The zero-order chi connectivity index (χ0) is 10.0. The van der Waals surface area contributed by atoms with Crippen LogP contribution in [0.3, 0.4) is 0 Å². The Balaban J connectivity index is 3.08. The summed E-state index contributed by atoms with van der Waals surface area (Å²) in [5, 5.41) is 19.6. The number of aryl methyl sites for hydroxylation is 2. The van der Waals surface area contributed by atoms with E-state index in [1.807, 2.05) is 13.8 Å². The lowest BCUT2D eigenvalue weighted by molar-refractivity contribution is -0.496. The van der Waals surface area contributed by atoms with E-state index in [-0.39, 0.29) is 12.3 Å². The summed E-state index contributed by atoms with van der Waals surface area (Å²) in [6.07, 6.45) is 0. The average Bonchev–Trinajstić information content (AvgIpc) is 1.99. The Hall–Kier alpha value is -1.58. The van der Waals surface area contributed by atoms with Crippen LogP contribution in [0.2, 0.25) is 0 Å². The zero-order valence-corrected chi connectivity index (χ0v) is 7.57. The van der Waals surface area contributed by atoms with Crippen LogP contribution in [0.25, 0.3) is 0 Å². The number of phenolic OH excluding ortho intramolecular Hbond substituents is 1. The van der Waals surface area contributed by atoms with Crippen molar-refractivity contribution in [2.45, 2.75) is 20.4 Å². The van der Waals surface area contributed by atoms with Crippen molar-refractivity contribution in [3.05, 3.63) is 38.9 Å². The van der Waals surface area contributed by atoms with Gasteiger partial charge in [0.1, 0.15) is 5.75 Å². The first-order valence-electron chi connectivity index (χ1n) is 3.91. The predicted molar refractivity (Wildman–Crippen MR) is 48.3 cm³/mol. The molecular weight excluding hydrogens is 170 g/mol. The van der Waals surface area contributed by atoms with E-state index in [2.05, 4.69) is 0 Å². The maximum Gasteiger partial charge on any atom is 0.232 e. The molecule has 0 aliphatic rings. The van der Waals surface area contributed by atoms with Crippen molar-refractivity contribution in [2.75, 3.05) is 0 Å². The maximum atomic E-state index is 10.2. The monoisotopic (exact) mass is 181 g/mol. The minimum absolute atomic E-state index is 0.000185. The van der Waals surface area contributed by atoms with Crippen LogP contribution in [0.1, 0.15) is 16.7 Å². The first-order valence-corrected chi connectivity index (χ1v) is 3.91. The number of aromatic hydroxyl groups is 1. The van der Waals surface area contributed by atoms with E-state index >= 15 is 0 Å². The number of rotatable bonds is 2. The van der Waals surface area contributed by atoms with Crippen molar-refractivity contribution in [2.24, 2.45) is 0 Å². The SMILES string of the molecule is Cc1cc(O)c(C[N+](=O)[O-])cc1C. The summed E-state index contributed by atoms with van der Waals surface area (Å²) in [5.41, 5.74) is 2.26. The van der Waals surface area contributed by atoms with Crippen LogP contribution in [0.4, 0.5) is 0 Å². The van der Waals surface area contributed by atoms with Gasteiger partial charge in [-0.25, -0.2) is 0 Å². The van der Waals surface area contributed by atoms with Crippen LogP contribution in [0.15, 0.2) is 12.1 Å². The van der Waals surface area contributed by atoms with E-state index in [1.165, 1.54) is 0 Å². The zero-order valence-electron chi connectivity index (χ0n) is 7.57. The van der Waals surface area contributed by atoms with Gasteiger partial charge in [-0.3, -0.25) is 10.1 Å². The van der Waals surface area contributed by atoms with Gasteiger partial charge in [-0.2, -0.15) is 0 Å². The minimum atomic E-state index is -0.455. The molecule has 13 heavy (non-hydrogen) atoms. The molecule has 0 unspecified atom stereocenters. The van der Waals surface area contributed by atoms with Gasteiger partial charge in [0.25, 0.3) is 0 Å². The fourth-order valence-corrected chi connectivity index (χ4v) is 1.13. The third kappa shape index (κ3) is 2.18. The molecule has 0 radical (unpaired) electrons. The molecule has 1 aromatic carbocycles. The van der Waals surface area contributed by atoms with E-state index in [9.17, 15) is 15.2 Å². The Morgan fingerprint density at radius 3 is 2.46 bits per heavy atom. The van der Waals surface area contributed by atoms with Crippen molar-refractivity contribution in [3.63, 3.8) is 0 Å². The van der Waals surface area contributed by atoms with E-state index < -0.39 is 4.92 Å². The second kappa shape index (κ2) is 3.43. The summed E-state index contributed by atoms with van der Waals surface area (Å²) in [5.74, 6) is -0.000185. The molecule has 0 amide bonds. The molecule has 4 heteroatoms. The number of nitro groups is 1. The Bertz CT molecular complexity index is 347. The molecular formula is C9H11NO3. The summed E-state index contributed by atoms with van der Waals surface area (Å²) in [6, 6.07) is 3.20. The second-order valence-electron chi connectivity index (χ2n) is 3.06. The Labute approximate surface area is 76.0 Å². The highest BCUT2D eigenvalue weighted by Crippen LogP contribution is 2.22. The second-order valence-corrected chi connectivity index (χ2v) is 3.06. The molecule has 0 aromatic heterocycles. The highest BCUT2D eigenvalue weighted by Gasteiger charge is 2.09. The van der Waals surface area contributed by atoms with Crippen molar-refractivity contribution in [1.29, 1.82) is 0 Å². The number of nitrogens with zero attached hydrogens (tertiary/aromatic N) is 1. The highest BCUT2D eigenvalue weighted by molar-refractivity contribution is 5.40. The Morgan fingerprint density at radius 2 is 1.92 bits per heavy atom. The summed E-state index contributed by atoms with van der Waals surface area (Å²) in [4.78, 5) is 9.76. The third-order valence-corrected chi connectivity index (χ3v) is 1.99. The lowest BCUT2D eigenvalue weighted by Crippen LogP contribution is -1.99. The van der Waals surface area contributed by atoms with Crippen molar-refractivity contribution >= 4 is 0 Å². The fourth-order valence-electron chi connectivity index (χ4n) is 1.13. The van der Waals surface area contributed by atoms with E-state index in [4.69, 9.17) is 0 Å². The molecule has 0 fully saturated rings. The van der Waals surface area contributed by atoms with Gasteiger partial charge in [0, 0.05) is 4.92 Å². The Morgan fingerprint density at radius 1 is 1.38 bits per heavy atom. The van der Waals surface area contributed by atoms with Gasteiger partial charge in [-0.15, -0.1) is 0 Å². The topological polar surface area (TPSA) is 63.4 Å². The van der Waals surface area contributed by atoms with Crippen LogP contribution in [-0.2, 0) is 6.54 Å². The largest absolute Gasteiger partial charge is 0.507 e. The number of benzene rings is 1. The smallest absolute Gasteiger partial charge is 0.232 e. The molecule has 0 saturated carbocycles. The Kier molecular flexibility index (Phi) is 2.51. The fraction of sp³-hybridized carbons (Fsp3) is 0.333. The summed E-state index contributed by atoms with van der Waals surface area (Å²) in [6.45, 7) is 3.39. The molecule has 1 N–H and O–H groups in total. The van der Waals surface area contributed by atoms with Gasteiger partial charge in [-0.1, -0.05) is 0 Å². The van der Waals surface area contributed by atoms with Gasteiger partial charge in [0.05, 0.1) is 5.56 Å². The molecule has 0 atom stereocenters. The molecule has 70 valence electrons. The average molecular weight is 181 g/mol. The lowest BCUT2D eigenvalue weighted by Gasteiger charge is -2.04. The molecule has 4 nitrogen and oxygen atoms in total. The third-order valence-electron chi connectivity index (χ3n) is 1.99. The number of phenols is 1. The van der Waals surface area contributed by atoms with Gasteiger partial charge in [-0.05, 0) is 37.1 Å². The molecule has 0 spiro atoms. The van der Waals surface area contributed by atoms with Crippen LogP contribution < -0.4 is 0 Å². The van der Waals surface area contributed by atoms with Crippen LogP contribution in [0, 0.1) is 24.0 Å². The molecule has 0 heterocycles. The maximum absolute atomic E-state index is 10.2. The molecule has 0 aliphatic heterocycles. The minimum Gasteiger partial charge on any atom is -0.507 e. The predicted octanol–water partition coefficient (Wildman–Crippen LogP) is 1.79. The highest BCUT2D eigenvalue weighted by atomic mass is 16.6. The van der Waals surface area contributed by atoms with Crippen molar-refractivity contribution < 1.29 is 10.0 Å². The molecule has 0 saturated heterocycles. The first kappa shape index (κ1) is 9.51. The van der Waals surface area contributed by atoms with Gasteiger partial charge in [0.15, 0.2) is 0 Å². The molecule has 0 bridgehead atoms. The first-order chi connectivity index (χ1) is 6.00. The summed E-state index contributed by atoms with van der Waals surface area (Å²) in [7, 11) is 0. The summed E-state index contributed by atoms with van der Waals surface area (Å²) >= 11 is 0. The van der Waals surface area contributed by atoms with Crippen LogP contribution in [0.5, 0.6) is 5.75 Å². The van der Waals surface area contributed by atoms with E-state index in [0.29, 0.717) is 5.56 Å². The quantitative estimate of drug-likeness (QED) is 0.558. The van der Waals surface area contributed by atoms with Gasteiger partial charge in [0.2, 0.25) is 6.54 Å². The van der Waals surface area contributed by atoms with Gasteiger partial charge >= 0.3 is 0 Å². The normalized spacial score (nSPS) is 10.0. The lowest BCUT2D eigenvalue weighted by atomic mass is 10.1. The van der Waals surface area contributed by atoms with Gasteiger partial charge < -0.3 is 5.11 Å².